The molecule has 33 heavy (non-hydrogen) atoms. The summed E-state index contributed by atoms with van der Waals surface area (Å²) in [5.41, 5.74) is 1.53. The van der Waals surface area contributed by atoms with Crippen LogP contribution < -0.4 is 0 Å². The number of hydrogen-bond donors (Lipinski definition) is 1. The van der Waals surface area contributed by atoms with Gasteiger partial charge in [0.25, 0.3) is 0 Å². The fourth-order valence-corrected chi connectivity index (χ4v) is 4.60. The molecule has 3 aromatic rings. The molecule has 1 N–H and O–H groups in total. The number of alkyl halides is 3. The summed E-state index contributed by atoms with van der Waals surface area (Å²) in [7, 11) is 0. The second-order valence-electron chi connectivity index (χ2n) is 7.88. The van der Waals surface area contributed by atoms with Crippen molar-refractivity contribution in [1.29, 1.82) is 0 Å². The lowest BCUT2D eigenvalue weighted by atomic mass is 9.70. The van der Waals surface area contributed by atoms with E-state index in [1.54, 1.807) is 24.3 Å². The van der Waals surface area contributed by atoms with Crippen LogP contribution in [-0.4, -0.2) is 24.0 Å². The summed E-state index contributed by atoms with van der Waals surface area (Å²) in [5.74, 6) is -2.99. The fraction of sp³-hybridized carbons (Fsp3) is 0.231. The molecule has 3 aromatic carbocycles. The minimum atomic E-state index is -4.79. The molecule has 4 rings (SSSR count). The summed E-state index contributed by atoms with van der Waals surface area (Å²) >= 11 is 6.06. The molecule has 0 amide bonds. The van der Waals surface area contributed by atoms with Gasteiger partial charge in [0.1, 0.15) is 11.9 Å². The van der Waals surface area contributed by atoms with E-state index in [-0.39, 0.29) is 24.2 Å². The number of halogens is 5. The zero-order chi connectivity index (χ0) is 23.6. The van der Waals surface area contributed by atoms with Crippen LogP contribution in [0.2, 0.25) is 5.02 Å². The molecule has 7 heteroatoms. The molecule has 0 saturated carbocycles. The molecule has 3 atom stereocenters. The van der Waals surface area contributed by atoms with Gasteiger partial charge in [-0.3, -0.25) is 0 Å². The van der Waals surface area contributed by atoms with Crippen molar-refractivity contribution in [2.75, 3.05) is 6.61 Å². The highest BCUT2D eigenvalue weighted by Crippen LogP contribution is 2.54. The first-order valence-corrected chi connectivity index (χ1v) is 10.8. The molecule has 0 aliphatic carbocycles. The standard InChI is InChI=1S/C26H21ClF4O2/c27-19-10-6-17(7-11-19)23-22(16-4-2-1-3-5-16)21(14-15-32)33-25(26(29,30)31)24(23)18-8-12-20(28)13-9-18/h1-13,21-23,32H,14-15H2/t21-,22-,23+/m1/s1. The Bertz CT molecular complexity index is 1110. The molecule has 0 radical (unpaired) electrons. The van der Waals surface area contributed by atoms with Crippen LogP contribution in [0.25, 0.3) is 5.57 Å². The first-order valence-electron chi connectivity index (χ1n) is 10.4. The molecule has 2 nitrogen and oxygen atoms in total. The molecule has 1 aliphatic heterocycles. The van der Waals surface area contributed by atoms with Crippen molar-refractivity contribution in [3.05, 3.63) is 112 Å². The molecular formula is C26H21ClF4O2. The van der Waals surface area contributed by atoms with Gasteiger partial charge >= 0.3 is 6.18 Å². The van der Waals surface area contributed by atoms with Crippen molar-refractivity contribution in [3.8, 4) is 0 Å². The third kappa shape index (κ3) is 4.92. The molecular weight excluding hydrogens is 456 g/mol. The van der Waals surface area contributed by atoms with E-state index in [2.05, 4.69) is 0 Å². The maximum atomic E-state index is 14.3. The number of hydrogen-bond acceptors (Lipinski definition) is 2. The average molecular weight is 477 g/mol. The van der Waals surface area contributed by atoms with Gasteiger partial charge in [0.15, 0.2) is 0 Å². The van der Waals surface area contributed by atoms with Crippen LogP contribution in [0.15, 0.2) is 84.6 Å². The van der Waals surface area contributed by atoms with E-state index in [1.807, 2.05) is 30.3 Å². The van der Waals surface area contributed by atoms with Crippen molar-refractivity contribution in [2.24, 2.45) is 0 Å². The summed E-state index contributed by atoms with van der Waals surface area (Å²) in [4.78, 5) is 0. The molecule has 0 saturated heterocycles. The zero-order valence-corrected chi connectivity index (χ0v) is 18.2. The molecule has 0 spiro atoms. The average Bonchev–Trinajstić information content (AvgIpc) is 2.80. The van der Waals surface area contributed by atoms with Gasteiger partial charge in [-0.25, -0.2) is 4.39 Å². The number of aliphatic hydroxyl groups is 1. The molecule has 1 heterocycles. The summed E-state index contributed by atoms with van der Waals surface area (Å²) in [6, 6.07) is 20.7. The highest BCUT2D eigenvalue weighted by Gasteiger charge is 2.50. The van der Waals surface area contributed by atoms with Crippen molar-refractivity contribution in [2.45, 2.75) is 30.5 Å². The fourth-order valence-electron chi connectivity index (χ4n) is 4.48. The van der Waals surface area contributed by atoms with Gasteiger partial charge in [-0.05, 0) is 41.0 Å². The third-order valence-electron chi connectivity index (χ3n) is 5.82. The zero-order valence-electron chi connectivity index (χ0n) is 17.4. The first-order chi connectivity index (χ1) is 15.8. The van der Waals surface area contributed by atoms with E-state index < -0.39 is 35.7 Å². The van der Waals surface area contributed by atoms with Crippen LogP contribution in [0.4, 0.5) is 17.6 Å². The number of allylic oxidation sites excluding steroid dienone is 2. The number of benzene rings is 3. The maximum Gasteiger partial charge on any atom is 0.449 e. The van der Waals surface area contributed by atoms with Crippen molar-refractivity contribution >= 4 is 17.2 Å². The molecule has 0 aromatic heterocycles. The van der Waals surface area contributed by atoms with Crippen LogP contribution in [-0.2, 0) is 4.74 Å². The van der Waals surface area contributed by atoms with E-state index in [9.17, 15) is 22.7 Å². The number of rotatable bonds is 5. The Kier molecular flexibility index (Phi) is 6.77. The smallest absolute Gasteiger partial charge is 0.449 e. The number of aliphatic hydroxyl groups excluding tert-OH is 1. The highest BCUT2D eigenvalue weighted by atomic mass is 35.5. The van der Waals surface area contributed by atoms with E-state index in [1.165, 1.54) is 12.1 Å². The second kappa shape index (κ2) is 9.57. The summed E-state index contributed by atoms with van der Waals surface area (Å²) in [6.07, 6.45) is -5.71. The molecule has 0 unspecified atom stereocenters. The van der Waals surface area contributed by atoms with Crippen LogP contribution in [0.5, 0.6) is 0 Å². The lowest BCUT2D eigenvalue weighted by Crippen LogP contribution is -2.37. The highest BCUT2D eigenvalue weighted by molar-refractivity contribution is 6.30. The molecule has 0 bridgehead atoms. The Morgan fingerprint density at radius 3 is 2.06 bits per heavy atom. The Hall–Kier alpha value is -2.83. The predicted octanol–water partition coefficient (Wildman–Crippen LogP) is 7.10. The lowest BCUT2D eigenvalue weighted by Gasteiger charge is -2.42. The SMILES string of the molecule is OCC[C@H]1OC(C(F)(F)F)=C(c2ccc(F)cc2)[C@@H](c2ccc(Cl)cc2)[C@@H]1c1ccccc1. The van der Waals surface area contributed by atoms with Gasteiger partial charge in [-0.15, -0.1) is 0 Å². The topological polar surface area (TPSA) is 29.5 Å². The summed E-state index contributed by atoms with van der Waals surface area (Å²) in [6.45, 7) is -0.335. The predicted molar refractivity (Wildman–Crippen MR) is 119 cm³/mol. The van der Waals surface area contributed by atoms with Crippen LogP contribution in [0, 0.1) is 5.82 Å². The normalized spacial score (nSPS) is 21.1. The van der Waals surface area contributed by atoms with Gasteiger partial charge in [0, 0.05) is 35.5 Å². The molecule has 0 fully saturated rings. The minimum Gasteiger partial charge on any atom is -0.485 e. The lowest BCUT2D eigenvalue weighted by molar-refractivity contribution is -0.146. The van der Waals surface area contributed by atoms with Crippen LogP contribution in [0.1, 0.15) is 34.9 Å². The summed E-state index contributed by atoms with van der Waals surface area (Å²) < 4.78 is 62.2. The quantitative estimate of drug-likeness (QED) is 0.398. The monoisotopic (exact) mass is 476 g/mol. The Balaban J connectivity index is 2.03. The Morgan fingerprint density at radius 1 is 0.848 bits per heavy atom. The number of ether oxygens (including phenoxy) is 1. The maximum absolute atomic E-state index is 14.3. The Labute approximate surface area is 194 Å². The van der Waals surface area contributed by atoms with E-state index >= 15 is 0 Å². The van der Waals surface area contributed by atoms with Crippen molar-refractivity contribution in [1.82, 2.24) is 0 Å². The molecule has 172 valence electrons. The first kappa shape index (κ1) is 23.3. The molecule has 1 aliphatic rings. The Morgan fingerprint density at radius 2 is 1.48 bits per heavy atom. The van der Waals surface area contributed by atoms with E-state index in [0.29, 0.717) is 10.6 Å². The van der Waals surface area contributed by atoms with Crippen molar-refractivity contribution < 1.29 is 27.4 Å². The van der Waals surface area contributed by atoms with Gasteiger partial charge < -0.3 is 9.84 Å². The van der Waals surface area contributed by atoms with Gasteiger partial charge in [-0.1, -0.05) is 66.2 Å². The van der Waals surface area contributed by atoms with Gasteiger partial charge in [0.05, 0.1) is 0 Å². The van der Waals surface area contributed by atoms with Crippen molar-refractivity contribution in [3.63, 3.8) is 0 Å². The van der Waals surface area contributed by atoms with E-state index in [4.69, 9.17) is 16.3 Å². The summed E-state index contributed by atoms with van der Waals surface area (Å²) in [5, 5.41) is 10.1. The van der Waals surface area contributed by atoms with Crippen LogP contribution in [0.3, 0.4) is 0 Å². The second-order valence-corrected chi connectivity index (χ2v) is 8.32. The third-order valence-corrected chi connectivity index (χ3v) is 6.08. The van der Waals surface area contributed by atoms with Gasteiger partial charge in [0.2, 0.25) is 5.76 Å². The van der Waals surface area contributed by atoms with E-state index in [0.717, 1.165) is 17.7 Å². The van der Waals surface area contributed by atoms with Crippen LogP contribution >= 0.6 is 11.6 Å². The minimum absolute atomic E-state index is 0.0138. The van der Waals surface area contributed by atoms with Gasteiger partial charge in [-0.2, -0.15) is 13.2 Å². The largest absolute Gasteiger partial charge is 0.485 e.